The third-order valence-electron chi connectivity index (χ3n) is 2.17. The van der Waals surface area contributed by atoms with Crippen molar-refractivity contribution in [2.24, 2.45) is 0 Å². The molecule has 1 amide bonds. The number of hydrogen-bond acceptors (Lipinski definition) is 4. The van der Waals surface area contributed by atoms with E-state index in [1.54, 1.807) is 40.0 Å². The lowest BCUT2D eigenvalue weighted by Crippen LogP contribution is -2.36. The molecule has 0 fully saturated rings. The van der Waals surface area contributed by atoms with Gasteiger partial charge < -0.3 is 14.8 Å². The molecule has 0 aliphatic heterocycles. The number of nitrogens with one attached hydrogen (secondary N) is 1. The second kappa shape index (κ2) is 6.22. The summed E-state index contributed by atoms with van der Waals surface area (Å²) in [6, 6.07) is 7.24. The number of carbonyl (C=O) groups is 2. The molecule has 5 nitrogen and oxygen atoms in total. The summed E-state index contributed by atoms with van der Waals surface area (Å²) in [7, 11) is 1.57. The predicted molar refractivity (Wildman–Crippen MR) is 70.7 cm³/mol. The van der Waals surface area contributed by atoms with E-state index in [1.807, 2.05) is 12.1 Å². The van der Waals surface area contributed by atoms with E-state index < -0.39 is 17.5 Å². The molecule has 0 aliphatic carbocycles. The summed E-state index contributed by atoms with van der Waals surface area (Å²) in [6.07, 6.45) is 0. The Morgan fingerprint density at radius 2 is 1.95 bits per heavy atom. The van der Waals surface area contributed by atoms with E-state index in [0.29, 0.717) is 5.75 Å². The maximum absolute atomic E-state index is 11.5. The van der Waals surface area contributed by atoms with Gasteiger partial charge in [0.2, 0.25) is 0 Å². The van der Waals surface area contributed by atoms with Gasteiger partial charge in [0, 0.05) is 6.54 Å². The summed E-state index contributed by atoms with van der Waals surface area (Å²) >= 11 is 0. The second-order valence-corrected chi connectivity index (χ2v) is 5.04. The zero-order valence-electron chi connectivity index (χ0n) is 11.6. The first kappa shape index (κ1) is 15.0. The Hall–Kier alpha value is -2.04. The Kier molecular flexibility index (Phi) is 4.92. The third kappa shape index (κ3) is 5.42. The first-order valence-corrected chi connectivity index (χ1v) is 5.96. The fourth-order valence-corrected chi connectivity index (χ4v) is 1.36. The lowest BCUT2D eigenvalue weighted by atomic mass is 10.2. The summed E-state index contributed by atoms with van der Waals surface area (Å²) in [5.74, 6) is -0.933. The quantitative estimate of drug-likeness (QED) is 0.666. The number of esters is 1. The van der Waals surface area contributed by atoms with Crippen molar-refractivity contribution in [1.29, 1.82) is 0 Å². The van der Waals surface area contributed by atoms with E-state index >= 15 is 0 Å². The molecule has 104 valence electrons. The standard InChI is InChI=1S/C14H19NO4/c1-14(2,3)19-13(17)12(16)15-9-10-6-5-7-11(8-10)18-4/h5-8H,9H2,1-4H3,(H,15,16). The fourth-order valence-electron chi connectivity index (χ4n) is 1.36. The normalized spacial score (nSPS) is 10.7. The largest absolute Gasteiger partial charge is 0.497 e. The molecule has 0 saturated carbocycles. The Morgan fingerprint density at radius 3 is 2.53 bits per heavy atom. The Morgan fingerprint density at radius 1 is 1.26 bits per heavy atom. The molecule has 0 heterocycles. The highest BCUT2D eigenvalue weighted by molar-refractivity contribution is 6.32. The first-order valence-electron chi connectivity index (χ1n) is 5.96. The lowest BCUT2D eigenvalue weighted by Gasteiger charge is -2.18. The molecule has 1 N–H and O–H groups in total. The van der Waals surface area contributed by atoms with Crippen LogP contribution >= 0.6 is 0 Å². The highest BCUT2D eigenvalue weighted by Gasteiger charge is 2.22. The summed E-state index contributed by atoms with van der Waals surface area (Å²) in [5.41, 5.74) is 0.168. The van der Waals surface area contributed by atoms with Crippen LogP contribution < -0.4 is 10.1 Å². The number of amides is 1. The van der Waals surface area contributed by atoms with Crippen molar-refractivity contribution in [1.82, 2.24) is 5.32 Å². The predicted octanol–water partition coefficient (Wildman–Crippen LogP) is 1.65. The van der Waals surface area contributed by atoms with Gasteiger partial charge in [0.25, 0.3) is 0 Å². The minimum atomic E-state index is -0.879. The Labute approximate surface area is 112 Å². The van der Waals surface area contributed by atoms with Crippen molar-refractivity contribution in [2.45, 2.75) is 32.9 Å². The molecule has 0 radical (unpaired) electrons. The number of ether oxygens (including phenoxy) is 2. The van der Waals surface area contributed by atoms with Crippen LogP contribution in [0.2, 0.25) is 0 Å². The van der Waals surface area contributed by atoms with Crippen LogP contribution in [0.5, 0.6) is 5.75 Å². The van der Waals surface area contributed by atoms with Gasteiger partial charge in [0.15, 0.2) is 0 Å². The maximum Gasteiger partial charge on any atom is 0.397 e. The fraction of sp³-hybridized carbons (Fsp3) is 0.429. The van der Waals surface area contributed by atoms with Gasteiger partial charge in [-0.05, 0) is 38.5 Å². The minimum absolute atomic E-state index is 0.245. The highest BCUT2D eigenvalue weighted by atomic mass is 16.6. The molecular weight excluding hydrogens is 246 g/mol. The van der Waals surface area contributed by atoms with Crippen molar-refractivity contribution >= 4 is 11.9 Å². The van der Waals surface area contributed by atoms with Crippen molar-refractivity contribution in [3.63, 3.8) is 0 Å². The van der Waals surface area contributed by atoms with E-state index in [-0.39, 0.29) is 6.54 Å². The van der Waals surface area contributed by atoms with Crippen molar-refractivity contribution < 1.29 is 19.1 Å². The Balaban J connectivity index is 2.52. The number of hydrogen-bond donors (Lipinski definition) is 1. The van der Waals surface area contributed by atoms with E-state index in [0.717, 1.165) is 5.56 Å². The summed E-state index contributed by atoms with van der Waals surface area (Å²) < 4.78 is 10.0. The monoisotopic (exact) mass is 265 g/mol. The number of carbonyl (C=O) groups excluding carboxylic acids is 2. The van der Waals surface area contributed by atoms with E-state index in [1.165, 1.54) is 0 Å². The van der Waals surface area contributed by atoms with Crippen LogP contribution in [0.15, 0.2) is 24.3 Å². The maximum atomic E-state index is 11.5. The number of rotatable bonds is 3. The molecule has 0 aliphatic rings. The van der Waals surface area contributed by atoms with Crippen molar-refractivity contribution in [3.8, 4) is 5.75 Å². The summed E-state index contributed by atoms with van der Waals surface area (Å²) in [4.78, 5) is 23.0. The van der Waals surface area contributed by atoms with Crippen LogP contribution in [0.25, 0.3) is 0 Å². The Bertz CT molecular complexity index is 463. The minimum Gasteiger partial charge on any atom is -0.497 e. The van der Waals surface area contributed by atoms with Crippen molar-refractivity contribution in [2.75, 3.05) is 7.11 Å². The van der Waals surface area contributed by atoms with Crippen LogP contribution in [0.4, 0.5) is 0 Å². The van der Waals surface area contributed by atoms with Crippen LogP contribution in [-0.2, 0) is 20.9 Å². The second-order valence-electron chi connectivity index (χ2n) is 5.04. The molecule has 0 spiro atoms. The van der Waals surface area contributed by atoms with Gasteiger partial charge in [0.05, 0.1) is 7.11 Å². The number of methoxy groups -OCH3 is 1. The molecule has 0 atom stereocenters. The zero-order valence-corrected chi connectivity index (χ0v) is 11.6. The van der Waals surface area contributed by atoms with Gasteiger partial charge in [-0.15, -0.1) is 0 Å². The van der Waals surface area contributed by atoms with Crippen molar-refractivity contribution in [3.05, 3.63) is 29.8 Å². The van der Waals surface area contributed by atoms with E-state index in [2.05, 4.69) is 5.32 Å². The van der Waals surface area contributed by atoms with E-state index in [9.17, 15) is 9.59 Å². The average molecular weight is 265 g/mol. The molecular formula is C14H19NO4. The molecule has 19 heavy (non-hydrogen) atoms. The molecule has 0 bridgehead atoms. The van der Waals surface area contributed by atoms with Gasteiger partial charge in [-0.2, -0.15) is 0 Å². The molecule has 1 aromatic rings. The molecule has 1 aromatic carbocycles. The first-order chi connectivity index (χ1) is 8.81. The molecule has 0 aromatic heterocycles. The van der Waals surface area contributed by atoms with Gasteiger partial charge in [-0.3, -0.25) is 4.79 Å². The summed E-state index contributed by atoms with van der Waals surface area (Å²) in [5, 5.41) is 2.50. The van der Waals surface area contributed by atoms with Crippen LogP contribution in [0, 0.1) is 0 Å². The van der Waals surface area contributed by atoms with Crippen LogP contribution in [-0.4, -0.2) is 24.6 Å². The van der Waals surface area contributed by atoms with Crippen LogP contribution in [0.1, 0.15) is 26.3 Å². The SMILES string of the molecule is COc1cccc(CNC(=O)C(=O)OC(C)(C)C)c1. The summed E-state index contributed by atoms with van der Waals surface area (Å²) in [6.45, 7) is 5.37. The zero-order chi connectivity index (χ0) is 14.5. The van der Waals surface area contributed by atoms with Crippen LogP contribution in [0.3, 0.4) is 0 Å². The van der Waals surface area contributed by atoms with Gasteiger partial charge in [-0.1, -0.05) is 12.1 Å². The lowest BCUT2D eigenvalue weighted by molar-refractivity contribution is -0.163. The molecule has 5 heteroatoms. The van der Waals surface area contributed by atoms with Gasteiger partial charge in [-0.25, -0.2) is 4.79 Å². The molecule has 1 rings (SSSR count). The van der Waals surface area contributed by atoms with Gasteiger partial charge >= 0.3 is 11.9 Å². The van der Waals surface area contributed by atoms with Gasteiger partial charge in [0.1, 0.15) is 11.4 Å². The van der Waals surface area contributed by atoms with E-state index in [4.69, 9.17) is 9.47 Å². The molecule has 0 saturated heterocycles. The third-order valence-corrected chi connectivity index (χ3v) is 2.17. The topological polar surface area (TPSA) is 64.6 Å². The number of benzene rings is 1. The molecule has 0 unspecified atom stereocenters. The highest BCUT2D eigenvalue weighted by Crippen LogP contribution is 2.12. The smallest absolute Gasteiger partial charge is 0.397 e. The average Bonchev–Trinajstić information content (AvgIpc) is 2.34.